The van der Waals surface area contributed by atoms with E-state index in [-0.39, 0.29) is 5.75 Å². The van der Waals surface area contributed by atoms with Crippen LogP contribution in [0.15, 0.2) is 36.9 Å². The normalized spacial score (nSPS) is 12.4. The van der Waals surface area contributed by atoms with Crippen LogP contribution in [0.4, 0.5) is 8.78 Å². The SMILES string of the molecule is C=CCCCCCC(O)c1cccc(OC(F)F)c1. The highest BCUT2D eigenvalue weighted by Crippen LogP contribution is 2.24. The van der Waals surface area contributed by atoms with Gasteiger partial charge in [0.15, 0.2) is 0 Å². The van der Waals surface area contributed by atoms with Crippen LogP contribution in [0.2, 0.25) is 0 Å². The number of hydrogen-bond donors (Lipinski definition) is 1. The van der Waals surface area contributed by atoms with Crippen LogP contribution in [0, 0.1) is 0 Å². The van der Waals surface area contributed by atoms with Crippen molar-refractivity contribution in [3.8, 4) is 5.75 Å². The highest BCUT2D eigenvalue weighted by atomic mass is 19.3. The van der Waals surface area contributed by atoms with Gasteiger partial charge in [-0.2, -0.15) is 8.78 Å². The van der Waals surface area contributed by atoms with Crippen LogP contribution >= 0.6 is 0 Å². The van der Waals surface area contributed by atoms with Gasteiger partial charge in [-0.15, -0.1) is 6.58 Å². The maximum absolute atomic E-state index is 12.1. The molecule has 0 aromatic heterocycles. The molecule has 0 radical (unpaired) electrons. The third kappa shape index (κ3) is 6.34. The van der Waals surface area contributed by atoms with E-state index < -0.39 is 12.7 Å². The summed E-state index contributed by atoms with van der Waals surface area (Å²) >= 11 is 0. The van der Waals surface area contributed by atoms with Gasteiger partial charge in [0.25, 0.3) is 0 Å². The quantitative estimate of drug-likeness (QED) is 0.530. The Kier molecular flexibility index (Phi) is 7.11. The first kappa shape index (κ1) is 15.6. The number of rotatable bonds is 9. The van der Waals surface area contributed by atoms with E-state index in [1.807, 2.05) is 6.08 Å². The number of halogens is 2. The first-order valence-corrected chi connectivity index (χ1v) is 6.47. The zero-order chi connectivity index (χ0) is 14.1. The van der Waals surface area contributed by atoms with Crippen LogP contribution in [0.1, 0.15) is 43.8 Å². The van der Waals surface area contributed by atoms with Gasteiger partial charge in [0.1, 0.15) is 5.75 Å². The molecule has 2 nitrogen and oxygen atoms in total. The fraction of sp³-hybridized carbons (Fsp3) is 0.467. The van der Waals surface area contributed by atoms with Gasteiger partial charge in [-0.3, -0.25) is 0 Å². The van der Waals surface area contributed by atoms with Crippen molar-refractivity contribution in [3.05, 3.63) is 42.5 Å². The minimum Gasteiger partial charge on any atom is -0.435 e. The van der Waals surface area contributed by atoms with Gasteiger partial charge < -0.3 is 9.84 Å². The number of hydrogen-bond acceptors (Lipinski definition) is 2. The summed E-state index contributed by atoms with van der Waals surface area (Å²) in [4.78, 5) is 0. The van der Waals surface area contributed by atoms with Crippen molar-refractivity contribution in [1.29, 1.82) is 0 Å². The Hall–Kier alpha value is -1.42. The highest BCUT2D eigenvalue weighted by Gasteiger charge is 2.10. The van der Waals surface area contributed by atoms with E-state index in [1.54, 1.807) is 12.1 Å². The summed E-state index contributed by atoms with van der Waals surface area (Å²) in [6.45, 7) is 0.808. The molecule has 0 aliphatic heterocycles. The van der Waals surface area contributed by atoms with Gasteiger partial charge in [0, 0.05) is 0 Å². The van der Waals surface area contributed by atoms with E-state index in [9.17, 15) is 13.9 Å². The summed E-state index contributed by atoms with van der Waals surface area (Å²) in [5.41, 5.74) is 0.613. The van der Waals surface area contributed by atoms with E-state index in [1.165, 1.54) is 12.1 Å². The summed E-state index contributed by atoms with van der Waals surface area (Å²) in [6, 6.07) is 6.23. The van der Waals surface area contributed by atoms with E-state index in [0.29, 0.717) is 12.0 Å². The van der Waals surface area contributed by atoms with Crippen molar-refractivity contribution in [2.75, 3.05) is 0 Å². The molecule has 106 valence electrons. The summed E-state index contributed by atoms with van der Waals surface area (Å²) in [5, 5.41) is 9.97. The molecule has 4 heteroatoms. The molecule has 0 heterocycles. The van der Waals surface area contributed by atoms with Crippen molar-refractivity contribution < 1.29 is 18.6 Å². The molecule has 19 heavy (non-hydrogen) atoms. The molecule has 0 amide bonds. The van der Waals surface area contributed by atoms with E-state index >= 15 is 0 Å². The Bertz CT molecular complexity index is 380. The summed E-state index contributed by atoms with van der Waals surface area (Å²) in [5.74, 6) is 0.0817. The van der Waals surface area contributed by atoms with E-state index in [2.05, 4.69) is 11.3 Å². The highest BCUT2D eigenvalue weighted by molar-refractivity contribution is 5.29. The molecular formula is C15H20F2O2. The molecule has 1 unspecified atom stereocenters. The van der Waals surface area contributed by atoms with Gasteiger partial charge in [0.05, 0.1) is 6.10 Å². The fourth-order valence-corrected chi connectivity index (χ4v) is 1.87. The fourth-order valence-electron chi connectivity index (χ4n) is 1.87. The van der Waals surface area contributed by atoms with Crippen LogP contribution in [0.3, 0.4) is 0 Å². The third-order valence-electron chi connectivity index (χ3n) is 2.85. The second kappa shape index (κ2) is 8.64. The zero-order valence-corrected chi connectivity index (χ0v) is 10.9. The maximum atomic E-state index is 12.1. The van der Waals surface area contributed by atoms with Gasteiger partial charge >= 0.3 is 6.61 Å². The van der Waals surface area contributed by atoms with E-state index in [0.717, 1.165) is 25.7 Å². The van der Waals surface area contributed by atoms with Gasteiger partial charge in [-0.05, 0) is 37.0 Å². The summed E-state index contributed by atoms with van der Waals surface area (Å²) < 4.78 is 28.5. The number of aliphatic hydroxyl groups excluding tert-OH is 1. The Morgan fingerprint density at radius 3 is 2.74 bits per heavy atom. The number of alkyl halides is 2. The number of allylic oxidation sites excluding steroid dienone is 1. The van der Waals surface area contributed by atoms with Crippen molar-refractivity contribution in [2.45, 2.75) is 44.8 Å². The lowest BCUT2D eigenvalue weighted by Crippen LogP contribution is -2.03. The minimum absolute atomic E-state index is 0.0817. The second-order valence-corrected chi connectivity index (χ2v) is 4.39. The van der Waals surface area contributed by atoms with Gasteiger partial charge in [-0.25, -0.2) is 0 Å². The molecule has 1 atom stereocenters. The Morgan fingerprint density at radius 1 is 1.26 bits per heavy atom. The van der Waals surface area contributed by atoms with Gasteiger partial charge in [-0.1, -0.05) is 31.1 Å². The third-order valence-corrected chi connectivity index (χ3v) is 2.85. The van der Waals surface area contributed by atoms with Crippen molar-refractivity contribution in [3.63, 3.8) is 0 Å². The van der Waals surface area contributed by atoms with Gasteiger partial charge in [0.2, 0.25) is 0 Å². The molecular weight excluding hydrogens is 250 g/mol. The minimum atomic E-state index is -2.84. The monoisotopic (exact) mass is 270 g/mol. The average molecular weight is 270 g/mol. The smallest absolute Gasteiger partial charge is 0.387 e. The Morgan fingerprint density at radius 2 is 2.05 bits per heavy atom. The van der Waals surface area contributed by atoms with Crippen molar-refractivity contribution in [2.24, 2.45) is 0 Å². The predicted molar refractivity (Wildman–Crippen MR) is 71.3 cm³/mol. The largest absolute Gasteiger partial charge is 0.435 e. The molecule has 0 saturated carbocycles. The molecule has 0 saturated heterocycles. The van der Waals surface area contributed by atoms with Crippen molar-refractivity contribution in [1.82, 2.24) is 0 Å². The number of aliphatic hydroxyl groups is 1. The zero-order valence-electron chi connectivity index (χ0n) is 10.9. The standard InChI is InChI=1S/C15H20F2O2/c1-2-3-4-5-6-10-14(18)12-8-7-9-13(11-12)19-15(16)17/h2,7-9,11,14-15,18H,1,3-6,10H2. The second-order valence-electron chi connectivity index (χ2n) is 4.39. The maximum Gasteiger partial charge on any atom is 0.387 e. The van der Waals surface area contributed by atoms with Crippen LogP contribution in [-0.4, -0.2) is 11.7 Å². The molecule has 0 aliphatic carbocycles. The first-order chi connectivity index (χ1) is 9.13. The van der Waals surface area contributed by atoms with E-state index in [4.69, 9.17) is 0 Å². The first-order valence-electron chi connectivity index (χ1n) is 6.47. The molecule has 1 aromatic carbocycles. The summed E-state index contributed by atoms with van der Waals surface area (Å²) in [6.07, 6.45) is 5.82. The van der Waals surface area contributed by atoms with Crippen LogP contribution in [0.5, 0.6) is 5.75 Å². The average Bonchev–Trinajstić information content (AvgIpc) is 2.38. The van der Waals surface area contributed by atoms with Crippen LogP contribution < -0.4 is 4.74 Å². The lowest BCUT2D eigenvalue weighted by Gasteiger charge is -2.12. The number of unbranched alkanes of at least 4 members (excludes halogenated alkanes) is 3. The lowest BCUT2D eigenvalue weighted by molar-refractivity contribution is -0.0499. The molecule has 1 N–H and O–H groups in total. The number of benzene rings is 1. The van der Waals surface area contributed by atoms with Crippen LogP contribution in [-0.2, 0) is 0 Å². The summed E-state index contributed by atoms with van der Waals surface area (Å²) in [7, 11) is 0. The molecule has 1 aromatic rings. The molecule has 0 fully saturated rings. The topological polar surface area (TPSA) is 29.5 Å². The number of ether oxygens (including phenoxy) is 1. The molecule has 0 bridgehead atoms. The Balaban J connectivity index is 2.42. The lowest BCUT2D eigenvalue weighted by atomic mass is 10.0. The molecule has 0 aliphatic rings. The Labute approximate surface area is 112 Å². The molecule has 0 spiro atoms. The van der Waals surface area contributed by atoms with Crippen molar-refractivity contribution >= 4 is 0 Å². The van der Waals surface area contributed by atoms with Crippen LogP contribution in [0.25, 0.3) is 0 Å². The molecule has 1 rings (SSSR count). The predicted octanol–water partition coefficient (Wildman–Crippen LogP) is 4.46.